The standard InChI is InChI=1S/C16H25N3O3/c1-10-13(9-21-4)15(17-22-10)16(20)19-7-12(11-5-6-11)14(8-19)18(2)3/h11-12,14H,5-9H2,1-4H3/t12-,14+/m0/s1. The van der Waals surface area contributed by atoms with Gasteiger partial charge in [-0.25, -0.2) is 0 Å². The molecule has 0 bridgehead atoms. The number of hydrogen-bond acceptors (Lipinski definition) is 5. The first-order valence-corrected chi connectivity index (χ1v) is 7.92. The van der Waals surface area contributed by atoms with Crippen molar-refractivity contribution in [3.8, 4) is 0 Å². The molecule has 0 unspecified atom stereocenters. The Morgan fingerprint density at radius 3 is 2.73 bits per heavy atom. The summed E-state index contributed by atoms with van der Waals surface area (Å²) in [6.45, 7) is 3.77. The van der Waals surface area contributed by atoms with Crippen LogP contribution in [0.3, 0.4) is 0 Å². The van der Waals surface area contributed by atoms with Crippen LogP contribution in [0.15, 0.2) is 4.52 Å². The molecule has 2 aliphatic rings. The summed E-state index contributed by atoms with van der Waals surface area (Å²) in [5.41, 5.74) is 1.18. The fourth-order valence-corrected chi connectivity index (χ4v) is 3.53. The highest BCUT2D eigenvalue weighted by Crippen LogP contribution is 2.42. The number of aromatic nitrogens is 1. The van der Waals surface area contributed by atoms with Crippen LogP contribution in [0.2, 0.25) is 0 Å². The van der Waals surface area contributed by atoms with Gasteiger partial charge in [-0.05, 0) is 45.7 Å². The summed E-state index contributed by atoms with van der Waals surface area (Å²) < 4.78 is 10.4. The fourth-order valence-electron chi connectivity index (χ4n) is 3.53. The van der Waals surface area contributed by atoms with Crippen molar-refractivity contribution >= 4 is 5.91 Å². The van der Waals surface area contributed by atoms with Crippen LogP contribution in [0.1, 0.15) is 34.7 Å². The summed E-state index contributed by atoms with van der Waals surface area (Å²) in [4.78, 5) is 17.0. The maximum atomic E-state index is 12.8. The number of nitrogens with zero attached hydrogens (tertiary/aromatic N) is 3. The van der Waals surface area contributed by atoms with E-state index in [0.29, 0.717) is 30.0 Å². The average molecular weight is 307 g/mol. The van der Waals surface area contributed by atoms with Gasteiger partial charge in [0, 0.05) is 26.2 Å². The number of likely N-dealkylation sites (tertiary alicyclic amines) is 1. The van der Waals surface area contributed by atoms with E-state index in [2.05, 4.69) is 24.2 Å². The Bertz CT molecular complexity index is 541. The number of hydrogen-bond donors (Lipinski definition) is 0. The molecule has 0 N–H and O–H groups in total. The molecule has 22 heavy (non-hydrogen) atoms. The van der Waals surface area contributed by atoms with Gasteiger partial charge in [0.1, 0.15) is 5.76 Å². The quantitative estimate of drug-likeness (QED) is 0.826. The third kappa shape index (κ3) is 2.77. The third-order valence-corrected chi connectivity index (χ3v) is 4.99. The minimum absolute atomic E-state index is 0.0288. The Labute approximate surface area is 131 Å². The van der Waals surface area contributed by atoms with E-state index >= 15 is 0 Å². The number of amides is 1. The van der Waals surface area contributed by atoms with Crippen molar-refractivity contribution in [1.82, 2.24) is 15.0 Å². The molecule has 6 heteroatoms. The number of rotatable bonds is 5. The smallest absolute Gasteiger partial charge is 0.276 e. The highest BCUT2D eigenvalue weighted by Gasteiger charge is 2.45. The molecule has 2 fully saturated rings. The van der Waals surface area contributed by atoms with Gasteiger partial charge in [0.15, 0.2) is 5.69 Å². The Balaban J connectivity index is 1.78. The molecule has 1 aromatic heterocycles. The zero-order chi connectivity index (χ0) is 15.9. The molecule has 1 amide bonds. The van der Waals surface area contributed by atoms with E-state index in [1.807, 2.05) is 11.8 Å². The van der Waals surface area contributed by atoms with E-state index in [1.54, 1.807) is 7.11 Å². The van der Waals surface area contributed by atoms with Crippen LogP contribution in [0, 0.1) is 18.8 Å². The molecular formula is C16H25N3O3. The minimum Gasteiger partial charge on any atom is -0.380 e. The van der Waals surface area contributed by atoms with Crippen LogP contribution in [-0.4, -0.2) is 61.2 Å². The van der Waals surface area contributed by atoms with Gasteiger partial charge in [0.05, 0.1) is 12.2 Å². The highest BCUT2D eigenvalue weighted by molar-refractivity contribution is 5.94. The van der Waals surface area contributed by atoms with E-state index in [9.17, 15) is 4.79 Å². The minimum atomic E-state index is -0.0288. The van der Waals surface area contributed by atoms with Gasteiger partial charge in [-0.3, -0.25) is 4.79 Å². The van der Waals surface area contributed by atoms with Crippen molar-refractivity contribution in [2.45, 2.75) is 32.4 Å². The molecule has 1 aliphatic carbocycles. The number of aryl methyl sites for hydroxylation is 1. The van der Waals surface area contributed by atoms with Gasteiger partial charge in [-0.15, -0.1) is 0 Å². The lowest BCUT2D eigenvalue weighted by Crippen LogP contribution is -2.37. The largest absolute Gasteiger partial charge is 0.380 e. The van der Waals surface area contributed by atoms with Crippen molar-refractivity contribution in [3.63, 3.8) is 0 Å². The molecule has 0 spiro atoms. The second-order valence-electron chi connectivity index (χ2n) is 6.74. The summed E-state index contributed by atoms with van der Waals surface area (Å²) >= 11 is 0. The molecule has 1 saturated carbocycles. The molecule has 2 heterocycles. The lowest BCUT2D eigenvalue weighted by Gasteiger charge is -2.24. The number of ether oxygens (including phenoxy) is 1. The van der Waals surface area contributed by atoms with Crippen LogP contribution in [-0.2, 0) is 11.3 Å². The summed E-state index contributed by atoms with van der Waals surface area (Å²) in [6.07, 6.45) is 2.60. The normalized spacial score (nSPS) is 25.2. The Kier molecular flexibility index (Phi) is 4.23. The Morgan fingerprint density at radius 2 is 2.14 bits per heavy atom. The first-order chi connectivity index (χ1) is 10.5. The van der Waals surface area contributed by atoms with Crippen LogP contribution in [0.5, 0.6) is 0 Å². The molecule has 2 atom stereocenters. The predicted octanol–water partition coefficient (Wildman–Crippen LogP) is 1.54. The molecular weight excluding hydrogens is 282 g/mol. The highest BCUT2D eigenvalue weighted by atomic mass is 16.5. The number of carbonyl (C=O) groups is 1. The lowest BCUT2D eigenvalue weighted by atomic mass is 9.97. The first kappa shape index (κ1) is 15.5. The van der Waals surface area contributed by atoms with Crippen LogP contribution in [0.4, 0.5) is 0 Å². The van der Waals surface area contributed by atoms with Crippen molar-refractivity contribution in [3.05, 3.63) is 17.0 Å². The zero-order valence-electron chi connectivity index (χ0n) is 13.8. The van der Waals surface area contributed by atoms with E-state index in [-0.39, 0.29) is 5.91 Å². The van der Waals surface area contributed by atoms with E-state index < -0.39 is 0 Å². The van der Waals surface area contributed by atoms with Crippen molar-refractivity contribution < 1.29 is 14.1 Å². The van der Waals surface area contributed by atoms with Crippen molar-refractivity contribution in [1.29, 1.82) is 0 Å². The van der Waals surface area contributed by atoms with Gasteiger partial charge in [0.2, 0.25) is 0 Å². The zero-order valence-corrected chi connectivity index (χ0v) is 13.8. The lowest BCUT2D eigenvalue weighted by molar-refractivity contribution is 0.0766. The second kappa shape index (κ2) is 6.01. The predicted molar refractivity (Wildman–Crippen MR) is 81.5 cm³/mol. The number of carbonyl (C=O) groups excluding carboxylic acids is 1. The van der Waals surface area contributed by atoms with Crippen molar-refractivity contribution in [2.24, 2.45) is 11.8 Å². The summed E-state index contributed by atoms with van der Waals surface area (Å²) in [6, 6.07) is 0.440. The SMILES string of the molecule is COCc1c(C(=O)N2C[C@@H](N(C)C)[C@H](C3CC3)C2)noc1C. The summed E-state index contributed by atoms with van der Waals surface area (Å²) in [5, 5.41) is 3.97. The van der Waals surface area contributed by atoms with Crippen molar-refractivity contribution in [2.75, 3.05) is 34.3 Å². The maximum absolute atomic E-state index is 12.8. The molecule has 0 radical (unpaired) electrons. The number of likely N-dealkylation sites (N-methyl/N-ethyl adjacent to an activating group) is 1. The summed E-state index contributed by atoms with van der Waals surface area (Å²) in [7, 11) is 5.82. The Morgan fingerprint density at radius 1 is 1.41 bits per heavy atom. The summed E-state index contributed by atoms with van der Waals surface area (Å²) in [5.74, 6) is 1.99. The third-order valence-electron chi connectivity index (χ3n) is 4.99. The van der Waals surface area contributed by atoms with Gasteiger partial charge >= 0.3 is 0 Å². The second-order valence-corrected chi connectivity index (χ2v) is 6.74. The number of methoxy groups -OCH3 is 1. The average Bonchev–Trinajstić information content (AvgIpc) is 3.13. The van der Waals surface area contributed by atoms with Crippen LogP contribution in [0.25, 0.3) is 0 Å². The van der Waals surface area contributed by atoms with Crippen LogP contribution >= 0.6 is 0 Å². The van der Waals surface area contributed by atoms with Crippen LogP contribution < -0.4 is 0 Å². The van der Waals surface area contributed by atoms with Gasteiger partial charge < -0.3 is 19.1 Å². The molecule has 0 aromatic carbocycles. The van der Waals surface area contributed by atoms with Gasteiger partial charge in [-0.2, -0.15) is 0 Å². The molecule has 122 valence electrons. The topological polar surface area (TPSA) is 58.8 Å². The molecule has 1 saturated heterocycles. The molecule has 1 aliphatic heterocycles. The first-order valence-electron chi connectivity index (χ1n) is 7.92. The molecule has 6 nitrogen and oxygen atoms in total. The maximum Gasteiger partial charge on any atom is 0.276 e. The monoisotopic (exact) mass is 307 g/mol. The van der Waals surface area contributed by atoms with E-state index in [1.165, 1.54) is 12.8 Å². The van der Waals surface area contributed by atoms with E-state index in [0.717, 1.165) is 24.6 Å². The fraction of sp³-hybridized carbons (Fsp3) is 0.750. The van der Waals surface area contributed by atoms with E-state index in [4.69, 9.17) is 9.26 Å². The molecule has 1 aromatic rings. The van der Waals surface area contributed by atoms with Gasteiger partial charge in [-0.1, -0.05) is 5.16 Å². The molecule has 3 rings (SSSR count). The van der Waals surface area contributed by atoms with Gasteiger partial charge in [0.25, 0.3) is 5.91 Å². The Hall–Kier alpha value is -1.40.